The number of carbonyl (C=O) groups excluding carboxylic acids is 3. The Morgan fingerprint density at radius 1 is 1.05 bits per heavy atom. The van der Waals surface area contributed by atoms with Crippen LogP contribution in [0.3, 0.4) is 0 Å². The number of carbonyl (C=O) groups is 3. The fourth-order valence-electron chi connectivity index (χ4n) is 5.11. The molecule has 3 heterocycles. The monoisotopic (exact) mass is 685 g/mol. The number of amides is 3. The van der Waals surface area contributed by atoms with Crippen molar-refractivity contribution in [3.8, 4) is 11.5 Å². The second-order valence-electron chi connectivity index (χ2n) is 9.49. The first kappa shape index (κ1) is 28.5. The highest BCUT2D eigenvalue weighted by Gasteiger charge is 2.56. The fourth-order valence-corrected chi connectivity index (χ4v) is 8.12. The number of aromatic nitrogens is 1. The van der Waals surface area contributed by atoms with Gasteiger partial charge >= 0.3 is 4.87 Å². The van der Waals surface area contributed by atoms with Crippen LogP contribution in [0.15, 0.2) is 81.0 Å². The Morgan fingerprint density at radius 3 is 2.50 bits per heavy atom. The van der Waals surface area contributed by atoms with E-state index < -0.39 is 17.1 Å². The minimum Gasteiger partial charge on any atom is -0.497 e. The van der Waals surface area contributed by atoms with E-state index in [9.17, 15) is 19.2 Å². The number of nitrogens with zero attached hydrogens (tertiary/aromatic N) is 1. The summed E-state index contributed by atoms with van der Waals surface area (Å²) in [5.41, 5.74) is 1.57. The number of rotatable bonds is 7. The van der Waals surface area contributed by atoms with Crippen LogP contribution in [0.5, 0.6) is 11.5 Å². The van der Waals surface area contributed by atoms with E-state index in [0.717, 1.165) is 11.3 Å². The average molecular weight is 687 g/mol. The molecular weight excluding hydrogens is 666 g/mol. The molecular formula is C29H21BrClN3O6S2. The van der Waals surface area contributed by atoms with E-state index in [2.05, 4.69) is 26.2 Å². The van der Waals surface area contributed by atoms with Gasteiger partial charge in [-0.25, -0.2) is 4.90 Å². The summed E-state index contributed by atoms with van der Waals surface area (Å²) in [5.74, 6) is -1.64. The number of hydrogen-bond donors (Lipinski definition) is 2. The highest BCUT2D eigenvalue weighted by Crippen LogP contribution is 2.54. The number of methoxy groups -OCH3 is 1. The Hall–Kier alpha value is -3.58. The van der Waals surface area contributed by atoms with Gasteiger partial charge in [0, 0.05) is 31.5 Å². The van der Waals surface area contributed by atoms with Crippen molar-refractivity contribution in [2.45, 2.75) is 16.2 Å². The zero-order valence-electron chi connectivity index (χ0n) is 21.8. The Labute approximate surface area is 261 Å². The number of halogens is 2. The lowest BCUT2D eigenvalue weighted by Crippen LogP contribution is -2.32. The second kappa shape index (κ2) is 11.6. The van der Waals surface area contributed by atoms with Crippen molar-refractivity contribution in [3.05, 3.63) is 96.3 Å². The molecule has 6 rings (SSSR count). The van der Waals surface area contributed by atoms with E-state index in [4.69, 9.17) is 21.1 Å². The molecule has 4 aromatic rings. The number of thiazole rings is 1. The fraction of sp³-hybridized carbons (Fsp3) is 0.172. The first-order valence-electron chi connectivity index (χ1n) is 12.6. The third-order valence-electron chi connectivity index (χ3n) is 6.95. The topological polar surface area (TPSA) is 118 Å². The largest absolute Gasteiger partial charge is 0.497 e. The number of nitrogens with one attached hydrogen (secondary N) is 2. The normalized spacial score (nSPS) is 19.3. The quantitative estimate of drug-likeness (QED) is 0.241. The van der Waals surface area contributed by atoms with Gasteiger partial charge in [0.1, 0.15) is 16.7 Å². The van der Waals surface area contributed by atoms with E-state index in [1.54, 1.807) is 73.8 Å². The molecule has 3 unspecified atom stereocenters. The maximum Gasteiger partial charge on any atom is 0.305 e. The van der Waals surface area contributed by atoms with Gasteiger partial charge in [0.05, 0.1) is 23.7 Å². The summed E-state index contributed by atoms with van der Waals surface area (Å²) in [7, 11) is 1.56. The van der Waals surface area contributed by atoms with Crippen molar-refractivity contribution >= 4 is 79.7 Å². The summed E-state index contributed by atoms with van der Waals surface area (Å²) >= 11 is 11.7. The Balaban J connectivity index is 1.34. The molecule has 1 aromatic heterocycles. The number of ether oxygens (including phenoxy) is 2. The van der Waals surface area contributed by atoms with E-state index in [0.29, 0.717) is 47.8 Å². The van der Waals surface area contributed by atoms with Crippen molar-refractivity contribution in [2.24, 2.45) is 5.92 Å². The molecule has 13 heteroatoms. The second-order valence-corrected chi connectivity index (χ2v) is 13.0. The SMILES string of the molecule is COc1ccc(NC(=O)COc2ccc(Br)cc2C2c3sc(=O)[nH]c3SC3C(=O)N(c4ccc(Cl)cc4)C(=O)C32)cc1. The number of aromatic amines is 1. The molecule has 9 nitrogen and oxygen atoms in total. The average Bonchev–Trinajstić information content (AvgIpc) is 3.47. The highest BCUT2D eigenvalue weighted by atomic mass is 79.9. The summed E-state index contributed by atoms with van der Waals surface area (Å²) in [6, 6.07) is 18.6. The Morgan fingerprint density at radius 2 is 1.79 bits per heavy atom. The summed E-state index contributed by atoms with van der Waals surface area (Å²) < 4.78 is 11.9. The van der Waals surface area contributed by atoms with Gasteiger partial charge in [-0.2, -0.15) is 0 Å². The van der Waals surface area contributed by atoms with Crippen molar-refractivity contribution in [1.29, 1.82) is 0 Å². The molecule has 3 aromatic carbocycles. The summed E-state index contributed by atoms with van der Waals surface area (Å²) in [4.78, 5) is 57.3. The third-order valence-corrected chi connectivity index (χ3v) is 10.1. The van der Waals surface area contributed by atoms with E-state index in [-0.39, 0.29) is 29.2 Å². The van der Waals surface area contributed by atoms with Gasteiger partial charge < -0.3 is 19.8 Å². The molecule has 2 aliphatic rings. The molecule has 0 aliphatic carbocycles. The predicted molar refractivity (Wildman–Crippen MR) is 165 cm³/mol. The van der Waals surface area contributed by atoms with E-state index >= 15 is 0 Å². The lowest BCUT2D eigenvalue weighted by molar-refractivity contribution is -0.122. The number of anilines is 2. The number of hydrogen-bond acceptors (Lipinski definition) is 8. The van der Waals surface area contributed by atoms with Crippen LogP contribution in [0, 0.1) is 5.92 Å². The first-order chi connectivity index (χ1) is 20.2. The molecule has 42 heavy (non-hydrogen) atoms. The molecule has 0 saturated carbocycles. The highest BCUT2D eigenvalue weighted by molar-refractivity contribution is 9.10. The number of H-pyrrole nitrogens is 1. The first-order valence-corrected chi connectivity index (χ1v) is 15.5. The predicted octanol–water partition coefficient (Wildman–Crippen LogP) is 5.67. The number of benzene rings is 3. The number of fused-ring (bicyclic) bond motifs is 2. The molecule has 3 amide bonds. The molecule has 2 N–H and O–H groups in total. The molecule has 0 spiro atoms. The maximum absolute atomic E-state index is 14.0. The van der Waals surface area contributed by atoms with Crippen LogP contribution in [0.4, 0.5) is 11.4 Å². The molecule has 2 aliphatic heterocycles. The minimum atomic E-state index is -0.818. The van der Waals surface area contributed by atoms with Crippen LogP contribution in [-0.2, 0) is 14.4 Å². The lowest BCUT2D eigenvalue weighted by Gasteiger charge is -2.31. The summed E-state index contributed by atoms with van der Waals surface area (Å²) in [6.45, 7) is -0.309. The number of thioether (sulfide) groups is 1. The molecule has 3 atom stereocenters. The Kier molecular flexibility index (Phi) is 7.88. The van der Waals surface area contributed by atoms with Gasteiger partial charge in [0.2, 0.25) is 11.8 Å². The van der Waals surface area contributed by atoms with Crippen LogP contribution >= 0.6 is 50.6 Å². The zero-order valence-corrected chi connectivity index (χ0v) is 25.7. The van der Waals surface area contributed by atoms with Gasteiger partial charge in [0.25, 0.3) is 5.91 Å². The third kappa shape index (κ3) is 5.35. The van der Waals surface area contributed by atoms with Crippen LogP contribution in [0.1, 0.15) is 16.4 Å². The maximum atomic E-state index is 14.0. The van der Waals surface area contributed by atoms with Gasteiger partial charge in [0.15, 0.2) is 6.61 Å². The van der Waals surface area contributed by atoms with Crippen molar-refractivity contribution in [2.75, 3.05) is 23.9 Å². The van der Waals surface area contributed by atoms with Gasteiger partial charge in [-0.15, -0.1) is 0 Å². The number of imide groups is 1. The van der Waals surface area contributed by atoms with E-state index in [1.165, 1.54) is 16.7 Å². The lowest BCUT2D eigenvalue weighted by atomic mass is 9.82. The van der Waals surface area contributed by atoms with Crippen molar-refractivity contribution in [1.82, 2.24) is 4.98 Å². The van der Waals surface area contributed by atoms with Crippen LogP contribution < -0.4 is 24.6 Å². The van der Waals surface area contributed by atoms with Crippen molar-refractivity contribution in [3.63, 3.8) is 0 Å². The van der Waals surface area contributed by atoms with Crippen molar-refractivity contribution < 1.29 is 23.9 Å². The van der Waals surface area contributed by atoms with Crippen LogP contribution in [0.25, 0.3) is 0 Å². The zero-order chi connectivity index (χ0) is 29.5. The minimum absolute atomic E-state index is 0.289. The van der Waals surface area contributed by atoms with Crippen LogP contribution in [-0.4, -0.2) is 41.7 Å². The van der Waals surface area contributed by atoms with Gasteiger partial charge in [-0.3, -0.25) is 19.2 Å². The summed E-state index contributed by atoms with van der Waals surface area (Å²) in [5, 5.41) is 3.02. The molecule has 1 saturated heterocycles. The molecule has 214 valence electrons. The smallest absolute Gasteiger partial charge is 0.305 e. The van der Waals surface area contributed by atoms with E-state index in [1.807, 2.05) is 0 Å². The molecule has 0 bridgehead atoms. The molecule has 1 fully saturated rings. The summed E-state index contributed by atoms with van der Waals surface area (Å²) in [6.07, 6.45) is 0. The van der Waals surface area contributed by atoms with Gasteiger partial charge in [-0.05, 0) is 66.7 Å². The standard InChI is InChI=1S/C29H21BrClN3O6S2/c1-39-18-9-5-16(6-10-18)32-21(35)13-40-20-11-2-14(30)12-19(20)22-23-25(41-26-24(22)42-29(38)33-26)28(37)34(27(23)36)17-7-3-15(31)4-8-17/h2-12,22-23,25H,13H2,1H3,(H,32,35)(H,33,38). The van der Waals surface area contributed by atoms with Gasteiger partial charge in [-0.1, -0.05) is 50.6 Å². The van der Waals surface area contributed by atoms with Crippen LogP contribution in [0.2, 0.25) is 5.02 Å². The Bertz CT molecular complexity index is 1760. The molecule has 0 radical (unpaired) electrons.